The summed E-state index contributed by atoms with van der Waals surface area (Å²) in [5, 5.41) is 3.24. The molecule has 1 aliphatic rings. The smallest absolute Gasteiger partial charge is 0.309 e. The number of carbonyl (C=O) groups is 2. The number of carbonyl (C=O) groups excluding carboxylic acids is 2. The van der Waals surface area contributed by atoms with Crippen molar-refractivity contribution in [3.63, 3.8) is 0 Å². The van der Waals surface area contributed by atoms with Crippen molar-refractivity contribution in [3.05, 3.63) is 64.7 Å². The van der Waals surface area contributed by atoms with Gasteiger partial charge in [0.25, 0.3) is 0 Å². The molecule has 0 radical (unpaired) electrons. The van der Waals surface area contributed by atoms with Crippen LogP contribution in [0, 0.1) is 0 Å². The maximum atomic E-state index is 13.5. The van der Waals surface area contributed by atoms with Crippen LogP contribution in [-0.2, 0) is 37.3 Å². The normalized spacial score (nSPS) is 17.1. The number of halogens is 1. The minimum atomic E-state index is -3.96. The number of esters is 1. The molecular formula is C22H25ClN2O5S. The van der Waals surface area contributed by atoms with Crippen molar-refractivity contribution in [1.82, 2.24) is 9.62 Å². The van der Waals surface area contributed by atoms with Gasteiger partial charge in [0.05, 0.1) is 18.4 Å². The van der Waals surface area contributed by atoms with Crippen molar-refractivity contribution in [2.24, 2.45) is 0 Å². The number of hydrogen-bond acceptors (Lipinski definition) is 5. The van der Waals surface area contributed by atoms with E-state index in [4.69, 9.17) is 11.6 Å². The first-order valence-corrected chi connectivity index (χ1v) is 11.8. The van der Waals surface area contributed by atoms with Crippen LogP contribution in [0.15, 0.2) is 53.4 Å². The number of sulfonamides is 1. The lowest BCUT2D eigenvalue weighted by Crippen LogP contribution is -2.48. The summed E-state index contributed by atoms with van der Waals surface area (Å²) in [6.45, 7) is 0.563. The molecular weight excluding hydrogens is 440 g/mol. The van der Waals surface area contributed by atoms with Gasteiger partial charge in [0.1, 0.15) is 6.04 Å². The molecule has 2 aromatic rings. The standard InChI is InChI=1S/C22H25ClN2O5S/c1-30-21(26)14-16-5-7-17(8-6-16)15-25(20-4-2-3-13-24-22(20)27)31(28,29)19-11-9-18(23)10-12-19/h5-12,20H,2-4,13-15H2,1H3,(H,24,27). The zero-order valence-electron chi connectivity index (χ0n) is 17.2. The lowest BCUT2D eigenvalue weighted by molar-refractivity contribution is -0.139. The highest BCUT2D eigenvalue weighted by molar-refractivity contribution is 7.89. The molecule has 0 aromatic heterocycles. The average Bonchev–Trinajstić information content (AvgIpc) is 2.97. The maximum Gasteiger partial charge on any atom is 0.309 e. The number of rotatable bonds is 7. The van der Waals surface area contributed by atoms with Crippen molar-refractivity contribution >= 4 is 33.5 Å². The Kier molecular flexibility index (Phi) is 7.69. The molecule has 0 bridgehead atoms. The molecule has 0 saturated carbocycles. The number of hydrogen-bond donors (Lipinski definition) is 1. The second-order valence-corrected chi connectivity index (χ2v) is 9.70. The van der Waals surface area contributed by atoms with Crippen molar-refractivity contribution in [2.45, 2.75) is 43.2 Å². The Morgan fingerprint density at radius 3 is 2.39 bits per heavy atom. The molecule has 1 fully saturated rings. The first-order valence-electron chi connectivity index (χ1n) is 10.0. The van der Waals surface area contributed by atoms with Crippen LogP contribution in [0.25, 0.3) is 0 Å². The van der Waals surface area contributed by atoms with Crippen LogP contribution in [-0.4, -0.2) is 44.3 Å². The fourth-order valence-electron chi connectivity index (χ4n) is 3.48. The molecule has 9 heteroatoms. The minimum absolute atomic E-state index is 0.0293. The van der Waals surface area contributed by atoms with Crippen molar-refractivity contribution in [1.29, 1.82) is 0 Å². The quantitative estimate of drug-likeness (QED) is 0.636. The van der Waals surface area contributed by atoms with E-state index in [1.807, 2.05) is 0 Å². The lowest BCUT2D eigenvalue weighted by atomic mass is 10.1. The summed E-state index contributed by atoms with van der Waals surface area (Å²) in [5.74, 6) is -0.646. The first kappa shape index (κ1) is 23.2. The van der Waals surface area contributed by atoms with E-state index < -0.39 is 16.1 Å². The Morgan fingerprint density at radius 1 is 1.10 bits per heavy atom. The first-order chi connectivity index (χ1) is 14.8. The van der Waals surface area contributed by atoms with Crippen LogP contribution >= 0.6 is 11.6 Å². The molecule has 2 aromatic carbocycles. The van der Waals surface area contributed by atoms with Gasteiger partial charge < -0.3 is 10.1 Å². The zero-order valence-corrected chi connectivity index (χ0v) is 18.8. The molecule has 1 aliphatic heterocycles. The number of methoxy groups -OCH3 is 1. The summed E-state index contributed by atoms with van der Waals surface area (Å²) in [7, 11) is -2.63. The molecule has 1 amide bonds. The highest BCUT2D eigenvalue weighted by atomic mass is 35.5. The van der Waals surface area contributed by atoms with Crippen LogP contribution in [0.4, 0.5) is 0 Å². The summed E-state index contributed by atoms with van der Waals surface area (Å²) < 4.78 is 32.9. The maximum absolute atomic E-state index is 13.5. The molecule has 1 N–H and O–H groups in total. The van der Waals surface area contributed by atoms with E-state index in [1.54, 1.807) is 24.3 Å². The van der Waals surface area contributed by atoms with Gasteiger partial charge in [0, 0.05) is 18.1 Å². The Bertz CT molecular complexity index is 1020. The third-order valence-corrected chi connectivity index (χ3v) is 7.33. The van der Waals surface area contributed by atoms with E-state index in [0.717, 1.165) is 18.4 Å². The molecule has 1 saturated heterocycles. The van der Waals surface area contributed by atoms with Crippen LogP contribution in [0.3, 0.4) is 0 Å². The van der Waals surface area contributed by atoms with Crippen LogP contribution in [0.2, 0.25) is 5.02 Å². The van der Waals surface area contributed by atoms with E-state index in [0.29, 0.717) is 23.6 Å². The summed E-state index contributed by atoms with van der Waals surface area (Å²) in [5.41, 5.74) is 1.47. The molecule has 1 heterocycles. The Labute approximate surface area is 187 Å². The van der Waals surface area contributed by atoms with Crippen LogP contribution in [0.5, 0.6) is 0 Å². The lowest BCUT2D eigenvalue weighted by Gasteiger charge is -2.29. The second-order valence-electron chi connectivity index (χ2n) is 7.38. The summed E-state index contributed by atoms with van der Waals surface area (Å²) in [6, 6.07) is 12.1. The highest BCUT2D eigenvalue weighted by Crippen LogP contribution is 2.26. The van der Waals surface area contributed by atoms with Gasteiger partial charge in [-0.3, -0.25) is 9.59 Å². The fourth-order valence-corrected chi connectivity index (χ4v) is 5.22. The van der Waals surface area contributed by atoms with Gasteiger partial charge in [-0.25, -0.2) is 8.42 Å². The van der Waals surface area contributed by atoms with E-state index in [2.05, 4.69) is 10.1 Å². The van der Waals surface area contributed by atoms with E-state index >= 15 is 0 Å². The topological polar surface area (TPSA) is 92.8 Å². The average molecular weight is 465 g/mol. The van der Waals surface area contributed by atoms with Crippen molar-refractivity contribution in [3.8, 4) is 0 Å². The van der Waals surface area contributed by atoms with Gasteiger partial charge >= 0.3 is 5.97 Å². The van der Waals surface area contributed by atoms with Crippen molar-refractivity contribution < 1.29 is 22.7 Å². The molecule has 31 heavy (non-hydrogen) atoms. The number of ether oxygens (including phenoxy) is 1. The Balaban J connectivity index is 1.93. The van der Waals surface area contributed by atoms with Crippen LogP contribution in [0.1, 0.15) is 30.4 Å². The predicted molar refractivity (Wildman–Crippen MR) is 117 cm³/mol. The molecule has 7 nitrogen and oxygen atoms in total. The summed E-state index contributed by atoms with van der Waals surface area (Å²) in [4.78, 5) is 24.2. The summed E-state index contributed by atoms with van der Waals surface area (Å²) in [6.07, 6.45) is 2.13. The van der Waals surface area contributed by atoms with E-state index in [-0.39, 0.29) is 29.7 Å². The number of amides is 1. The van der Waals surface area contributed by atoms with Gasteiger partial charge in [-0.1, -0.05) is 35.9 Å². The molecule has 3 rings (SSSR count). The fraction of sp³-hybridized carbons (Fsp3) is 0.364. The number of benzene rings is 2. The molecule has 1 atom stereocenters. The third kappa shape index (κ3) is 5.84. The van der Waals surface area contributed by atoms with Crippen LogP contribution < -0.4 is 5.32 Å². The second kappa shape index (κ2) is 10.3. The monoisotopic (exact) mass is 464 g/mol. The predicted octanol–water partition coefficient (Wildman–Crippen LogP) is 2.92. The SMILES string of the molecule is COC(=O)Cc1ccc(CN(C2CCCCNC2=O)S(=O)(=O)c2ccc(Cl)cc2)cc1. The zero-order chi connectivity index (χ0) is 22.4. The van der Waals surface area contributed by atoms with Gasteiger partial charge in [0.2, 0.25) is 15.9 Å². The van der Waals surface area contributed by atoms with Gasteiger partial charge in [-0.2, -0.15) is 4.31 Å². The largest absolute Gasteiger partial charge is 0.469 e. The minimum Gasteiger partial charge on any atom is -0.469 e. The number of nitrogens with zero attached hydrogens (tertiary/aromatic N) is 1. The van der Waals surface area contributed by atoms with E-state index in [9.17, 15) is 18.0 Å². The molecule has 0 aliphatic carbocycles. The summed E-state index contributed by atoms with van der Waals surface area (Å²) >= 11 is 5.92. The molecule has 1 unspecified atom stereocenters. The molecule has 166 valence electrons. The third-order valence-electron chi connectivity index (χ3n) is 5.21. The number of nitrogens with one attached hydrogen (secondary N) is 1. The van der Waals surface area contributed by atoms with Crippen molar-refractivity contribution in [2.75, 3.05) is 13.7 Å². The molecule has 0 spiro atoms. The van der Waals surface area contributed by atoms with Gasteiger partial charge in [-0.15, -0.1) is 0 Å². The Hall–Kier alpha value is -2.42. The van der Waals surface area contributed by atoms with Gasteiger partial charge in [-0.05, 0) is 54.7 Å². The highest BCUT2D eigenvalue weighted by Gasteiger charge is 2.36. The van der Waals surface area contributed by atoms with E-state index in [1.165, 1.54) is 35.7 Å². The Morgan fingerprint density at radius 2 is 1.74 bits per heavy atom. The van der Waals surface area contributed by atoms with Gasteiger partial charge in [0.15, 0.2) is 0 Å².